The summed E-state index contributed by atoms with van der Waals surface area (Å²) in [6, 6.07) is 16.9. The van der Waals surface area contributed by atoms with Crippen molar-refractivity contribution in [1.82, 2.24) is 15.1 Å². The molecule has 6 nitrogen and oxygen atoms in total. The maximum Gasteiger partial charge on any atom is 0.256 e. The number of hydrogen-bond donors (Lipinski definition) is 2. The monoisotopic (exact) mass is 470 g/mol. The molecule has 29 heavy (non-hydrogen) atoms. The van der Waals surface area contributed by atoms with E-state index < -0.39 is 0 Å². The molecule has 4 rings (SSSR count). The molecule has 0 fully saturated rings. The van der Waals surface area contributed by atoms with Gasteiger partial charge in [0, 0.05) is 33.7 Å². The maximum atomic E-state index is 12.7. The van der Waals surface area contributed by atoms with Gasteiger partial charge in [-0.15, -0.1) is 0 Å². The van der Waals surface area contributed by atoms with E-state index in [9.17, 15) is 9.59 Å². The smallest absolute Gasteiger partial charge is 0.256 e. The molecule has 2 heterocycles. The predicted octanol–water partition coefficient (Wildman–Crippen LogP) is 3.96. The van der Waals surface area contributed by atoms with E-state index in [0.717, 1.165) is 32.8 Å². The van der Waals surface area contributed by atoms with Gasteiger partial charge in [-0.2, -0.15) is 16.9 Å². The van der Waals surface area contributed by atoms with E-state index in [1.165, 1.54) is 0 Å². The lowest BCUT2D eigenvalue weighted by Gasteiger charge is -2.11. The number of rotatable bonds is 6. The van der Waals surface area contributed by atoms with Crippen LogP contribution in [-0.4, -0.2) is 21.6 Å². The molecule has 0 atom stereocenters. The van der Waals surface area contributed by atoms with Crippen LogP contribution >= 0.6 is 27.7 Å². The van der Waals surface area contributed by atoms with Crippen molar-refractivity contribution >= 4 is 45.3 Å². The lowest BCUT2D eigenvalue weighted by molar-refractivity contribution is -0.122. The second-order valence-corrected chi connectivity index (χ2v) is 8.55. The summed E-state index contributed by atoms with van der Waals surface area (Å²) in [5.41, 5.74) is 3.51. The number of nitrogens with one attached hydrogen (secondary N) is 2. The highest BCUT2D eigenvalue weighted by Crippen LogP contribution is 2.34. The molecule has 0 spiro atoms. The zero-order valence-electron chi connectivity index (χ0n) is 15.5. The van der Waals surface area contributed by atoms with E-state index in [4.69, 9.17) is 0 Å². The van der Waals surface area contributed by atoms with Gasteiger partial charge < -0.3 is 10.6 Å². The highest BCUT2D eigenvalue weighted by molar-refractivity contribution is 9.10. The van der Waals surface area contributed by atoms with Gasteiger partial charge in [0.25, 0.3) is 5.91 Å². The van der Waals surface area contributed by atoms with E-state index in [1.807, 2.05) is 42.5 Å². The molecule has 0 aliphatic carbocycles. The Balaban J connectivity index is 1.48. The summed E-state index contributed by atoms with van der Waals surface area (Å²) in [4.78, 5) is 25.2. The van der Waals surface area contributed by atoms with Crippen LogP contribution in [0.3, 0.4) is 0 Å². The van der Waals surface area contributed by atoms with E-state index in [-0.39, 0.29) is 18.4 Å². The minimum Gasteiger partial charge on any atom is -0.350 e. The molecule has 0 unspecified atom stereocenters. The highest BCUT2D eigenvalue weighted by Gasteiger charge is 2.25. The number of nitrogens with zero attached hydrogens (tertiary/aromatic N) is 2. The van der Waals surface area contributed by atoms with Gasteiger partial charge in [-0.25, -0.2) is 4.68 Å². The van der Waals surface area contributed by atoms with E-state index in [1.54, 1.807) is 28.6 Å². The quantitative estimate of drug-likeness (QED) is 0.571. The summed E-state index contributed by atoms with van der Waals surface area (Å²) in [7, 11) is 0. The summed E-state index contributed by atoms with van der Waals surface area (Å²) in [6.07, 6.45) is 0. The Kier molecular flexibility index (Phi) is 6.01. The number of amides is 2. The van der Waals surface area contributed by atoms with Gasteiger partial charge in [0.15, 0.2) is 0 Å². The largest absolute Gasteiger partial charge is 0.350 e. The summed E-state index contributed by atoms with van der Waals surface area (Å²) < 4.78 is 2.51. The Labute approximate surface area is 181 Å². The van der Waals surface area contributed by atoms with Crippen LogP contribution in [0.4, 0.5) is 5.82 Å². The van der Waals surface area contributed by atoms with E-state index in [0.29, 0.717) is 17.9 Å². The SMILES string of the molecule is O=C(Cn1nc2c(c1NC(=O)c1ccc(Br)cc1)CSC2)NCc1ccccc1. The lowest BCUT2D eigenvalue weighted by Crippen LogP contribution is -2.28. The molecule has 0 bridgehead atoms. The van der Waals surface area contributed by atoms with Gasteiger partial charge >= 0.3 is 0 Å². The Morgan fingerprint density at radius 3 is 2.59 bits per heavy atom. The fraction of sp³-hybridized carbons (Fsp3) is 0.190. The fourth-order valence-electron chi connectivity index (χ4n) is 3.09. The van der Waals surface area contributed by atoms with Crippen molar-refractivity contribution in [2.24, 2.45) is 0 Å². The van der Waals surface area contributed by atoms with Gasteiger partial charge in [0.2, 0.25) is 5.91 Å². The molecule has 2 aromatic carbocycles. The van der Waals surface area contributed by atoms with Gasteiger partial charge in [0.1, 0.15) is 12.4 Å². The third kappa shape index (κ3) is 4.71. The van der Waals surface area contributed by atoms with E-state index in [2.05, 4.69) is 31.7 Å². The normalized spacial score (nSPS) is 12.4. The number of thioether (sulfide) groups is 1. The number of fused-ring (bicyclic) bond motifs is 1. The maximum absolute atomic E-state index is 12.7. The summed E-state index contributed by atoms with van der Waals surface area (Å²) in [6.45, 7) is 0.511. The number of anilines is 1. The summed E-state index contributed by atoms with van der Waals surface area (Å²) >= 11 is 5.12. The molecule has 8 heteroatoms. The standard InChI is InChI=1S/C21H19BrN4O2S/c22-16-8-6-15(7-9-16)21(28)24-20-17-12-29-13-18(17)25-26(20)11-19(27)23-10-14-4-2-1-3-5-14/h1-9H,10-13H2,(H,23,27)(H,24,28). The van der Waals surface area contributed by atoms with Gasteiger partial charge in [-0.05, 0) is 29.8 Å². The molecular formula is C21H19BrN4O2S. The molecule has 3 aromatic rings. The minimum atomic E-state index is -0.219. The Morgan fingerprint density at radius 2 is 1.83 bits per heavy atom. The van der Waals surface area contributed by atoms with Crippen LogP contribution in [0.5, 0.6) is 0 Å². The first-order valence-electron chi connectivity index (χ1n) is 9.14. The molecule has 0 radical (unpaired) electrons. The molecule has 2 N–H and O–H groups in total. The molecule has 0 saturated heterocycles. The topological polar surface area (TPSA) is 76.0 Å². The third-order valence-electron chi connectivity index (χ3n) is 4.58. The van der Waals surface area contributed by atoms with Crippen LogP contribution in [0.15, 0.2) is 59.1 Å². The molecular weight excluding hydrogens is 452 g/mol. The molecule has 1 aromatic heterocycles. The van der Waals surface area contributed by atoms with Crippen molar-refractivity contribution in [3.63, 3.8) is 0 Å². The highest BCUT2D eigenvalue weighted by atomic mass is 79.9. The van der Waals surface area contributed by atoms with Gasteiger partial charge in [-0.3, -0.25) is 9.59 Å². The number of hydrogen-bond acceptors (Lipinski definition) is 4. The Morgan fingerprint density at radius 1 is 1.07 bits per heavy atom. The van der Waals surface area contributed by atoms with E-state index >= 15 is 0 Å². The number of carbonyl (C=O) groups is 2. The van der Waals surface area contributed by atoms with Crippen molar-refractivity contribution in [3.8, 4) is 0 Å². The first kappa shape index (κ1) is 19.7. The van der Waals surface area contributed by atoms with Gasteiger partial charge in [-0.1, -0.05) is 46.3 Å². The second kappa shape index (κ2) is 8.84. The molecule has 1 aliphatic rings. The van der Waals surface area contributed by atoms with Crippen LogP contribution < -0.4 is 10.6 Å². The Bertz CT molecular complexity index is 1030. The average molecular weight is 471 g/mol. The number of aromatic nitrogens is 2. The molecule has 1 aliphatic heterocycles. The lowest BCUT2D eigenvalue weighted by atomic mass is 10.2. The zero-order chi connectivity index (χ0) is 20.2. The average Bonchev–Trinajstić information content (AvgIpc) is 3.30. The first-order chi connectivity index (χ1) is 14.1. The predicted molar refractivity (Wildman–Crippen MR) is 118 cm³/mol. The van der Waals surface area contributed by atoms with Crippen molar-refractivity contribution in [2.45, 2.75) is 24.6 Å². The number of benzene rings is 2. The van der Waals surface area contributed by atoms with Crippen LogP contribution in [0.25, 0.3) is 0 Å². The van der Waals surface area contributed by atoms with Crippen LogP contribution in [0.1, 0.15) is 27.2 Å². The first-order valence-corrected chi connectivity index (χ1v) is 11.1. The van der Waals surface area contributed by atoms with Crippen molar-refractivity contribution in [1.29, 1.82) is 0 Å². The molecule has 0 saturated carbocycles. The third-order valence-corrected chi connectivity index (χ3v) is 6.08. The van der Waals surface area contributed by atoms with Crippen LogP contribution in [0, 0.1) is 0 Å². The zero-order valence-corrected chi connectivity index (χ0v) is 17.9. The Hall–Kier alpha value is -2.58. The number of carbonyl (C=O) groups excluding carboxylic acids is 2. The van der Waals surface area contributed by atoms with Crippen molar-refractivity contribution in [3.05, 3.63) is 81.5 Å². The van der Waals surface area contributed by atoms with Crippen LogP contribution in [0.2, 0.25) is 0 Å². The fourth-order valence-corrected chi connectivity index (χ4v) is 4.39. The van der Waals surface area contributed by atoms with Crippen molar-refractivity contribution < 1.29 is 9.59 Å². The second-order valence-electron chi connectivity index (χ2n) is 6.65. The number of halogens is 1. The van der Waals surface area contributed by atoms with Crippen LogP contribution in [-0.2, 0) is 29.4 Å². The minimum absolute atomic E-state index is 0.0560. The summed E-state index contributed by atoms with van der Waals surface area (Å²) in [5.74, 6) is 1.80. The molecule has 148 valence electrons. The summed E-state index contributed by atoms with van der Waals surface area (Å²) in [5, 5.41) is 10.4. The molecule has 2 amide bonds. The van der Waals surface area contributed by atoms with Crippen molar-refractivity contribution in [2.75, 3.05) is 5.32 Å². The van der Waals surface area contributed by atoms with Gasteiger partial charge in [0.05, 0.1) is 5.69 Å².